The minimum Gasteiger partial charge on any atom is -0.454 e. The third-order valence-electron chi connectivity index (χ3n) is 4.74. The van der Waals surface area contributed by atoms with Crippen molar-refractivity contribution < 1.29 is 9.47 Å². The Bertz CT molecular complexity index is 1100. The molecule has 4 aromatic rings. The van der Waals surface area contributed by atoms with Crippen molar-refractivity contribution in [2.45, 2.75) is 19.6 Å². The van der Waals surface area contributed by atoms with E-state index in [0.29, 0.717) is 0 Å². The zero-order valence-electron chi connectivity index (χ0n) is 15.1. The zero-order valence-corrected chi connectivity index (χ0v) is 15.9. The summed E-state index contributed by atoms with van der Waals surface area (Å²) >= 11 is 1.26. The molecule has 0 spiro atoms. The van der Waals surface area contributed by atoms with Gasteiger partial charge in [0.1, 0.15) is 11.0 Å². The van der Waals surface area contributed by atoms with Crippen LogP contribution in [0.15, 0.2) is 60.9 Å². The summed E-state index contributed by atoms with van der Waals surface area (Å²) in [5.74, 6) is 1.62. The summed E-state index contributed by atoms with van der Waals surface area (Å²) in [6.07, 6.45) is 3.71. The van der Waals surface area contributed by atoms with Crippen LogP contribution in [0.4, 0.5) is 0 Å². The molecule has 6 nitrogen and oxygen atoms in total. The lowest BCUT2D eigenvalue weighted by Gasteiger charge is -2.23. The maximum Gasteiger partial charge on any atom is 0.231 e. The summed E-state index contributed by atoms with van der Waals surface area (Å²) in [6.45, 7) is 2.62. The van der Waals surface area contributed by atoms with Crippen LogP contribution in [-0.2, 0) is 19.6 Å². The molecule has 2 aromatic carbocycles. The fourth-order valence-electron chi connectivity index (χ4n) is 3.45. The monoisotopic (exact) mass is 390 g/mol. The van der Waals surface area contributed by atoms with E-state index in [1.54, 1.807) is 6.20 Å². The Morgan fingerprint density at radius 1 is 0.893 bits per heavy atom. The molecule has 0 saturated carbocycles. The van der Waals surface area contributed by atoms with Crippen molar-refractivity contribution in [2.75, 3.05) is 6.79 Å². The number of hydrogen-bond donors (Lipinski definition) is 0. The maximum absolute atomic E-state index is 5.54. The molecule has 0 fully saturated rings. The Morgan fingerprint density at radius 2 is 1.82 bits per heavy atom. The highest BCUT2D eigenvalue weighted by Crippen LogP contribution is 2.33. The van der Waals surface area contributed by atoms with Crippen LogP contribution in [0, 0.1) is 0 Å². The summed E-state index contributed by atoms with van der Waals surface area (Å²) in [4.78, 5) is 6.63. The van der Waals surface area contributed by atoms with Gasteiger partial charge < -0.3 is 9.47 Å². The van der Waals surface area contributed by atoms with E-state index in [0.717, 1.165) is 42.2 Å². The van der Waals surface area contributed by atoms with Gasteiger partial charge in [-0.25, -0.2) is 0 Å². The van der Waals surface area contributed by atoms with E-state index in [2.05, 4.69) is 42.9 Å². The number of aromatic nitrogens is 3. The van der Waals surface area contributed by atoms with Crippen LogP contribution in [0.1, 0.15) is 16.7 Å². The van der Waals surface area contributed by atoms with E-state index >= 15 is 0 Å². The SMILES string of the molecule is c1cncc(CN(Cc2ccc3c(c2)OCO3)Cc2cccc3nsnc23)c1. The first kappa shape index (κ1) is 17.1. The highest BCUT2D eigenvalue weighted by molar-refractivity contribution is 7.00. The molecule has 0 unspecified atom stereocenters. The highest BCUT2D eigenvalue weighted by atomic mass is 32.1. The standard InChI is InChI=1S/C21H18N4O2S/c1-4-17(21-18(5-1)23-28-24-21)13-25(12-16-3-2-8-22-10-16)11-15-6-7-19-20(9-15)27-14-26-19/h1-10H,11-14H2. The van der Waals surface area contributed by atoms with Gasteiger partial charge in [0.15, 0.2) is 11.5 Å². The van der Waals surface area contributed by atoms with E-state index in [-0.39, 0.29) is 6.79 Å². The molecular weight excluding hydrogens is 372 g/mol. The van der Waals surface area contributed by atoms with Crippen LogP contribution in [0.2, 0.25) is 0 Å². The molecular formula is C21H18N4O2S. The Morgan fingerprint density at radius 3 is 2.75 bits per heavy atom. The van der Waals surface area contributed by atoms with E-state index in [1.807, 2.05) is 30.5 Å². The number of nitrogens with zero attached hydrogens (tertiary/aromatic N) is 4. The van der Waals surface area contributed by atoms with Crippen LogP contribution in [0.3, 0.4) is 0 Å². The van der Waals surface area contributed by atoms with Crippen molar-refractivity contribution in [3.63, 3.8) is 0 Å². The summed E-state index contributed by atoms with van der Waals surface area (Å²) in [7, 11) is 0. The second-order valence-electron chi connectivity index (χ2n) is 6.74. The molecule has 0 radical (unpaired) electrons. The molecule has 7 heteroatoms. The average Bonchev–Trinajstić information content (AvgIpc) is 3.38. The largest absolute Gasteiger partial charge is 0.454 e. The van der Waals surface area contributed by atoms with Gasteiger partial charge in [-0.1, -0.05) is 24.3 Å². The summed E-state index contributed by atoms with van der Waals surface area (Å²) in [5.41, 5.74) is 5.46. The second-order valence-corrected chi connectivity index (χ2v) is 7.27. The van der Waals surface area contributed by atoms with Gasteiger partial charge in [-0.3, -0.25) is 9.88 Å². The van der Waals surface area contributed by atoms with Gasteiger partial charge >= 0.3 is 0 Å². The number of fused-ring (bicyclic) bond motifs is 2. The van der Waals surface area contributed by atoms with Gasteiger partial charge in [0.05, 0.1) is 11.7 Å². The van der Waals surface area contributed by atoms with Crippen molar-refractivity contribution in [1.82, 2.24) is 18.6 Å². The van der Waals surface area contributed by atoms with Crippen LogP contribution < -0.4 is 9.47 Å². The van der Waals surface area contributed by atoms with E-state index < -0.39 is 0 Å². The fourth-order valence-corrected chi connectivity index (χ4v) is 4.01. The van der Waals surface area contributed by atoms with Gasteiger partial charge in [0.2, 0.25) is 6.79 Å². The molecule has 3 heterocycles. The van der Waals surface area contributed by atoms with Crippen LogP contribution in [0.25, 0.3) is 11.0 Å². The van der Waals surface area contributed by atoms with Crippen molar-refractivity contribution in [2.24, 2.45) is 0 Å². The Labute approximate surface area is 166 Å². The second kappa shape index (κ2) is 7.53. The summed E-state index contributed by atoms with van der Waals surface area (Å²) in [5, 5.41) is 0. The van der Waals surface area contributed by atoms with Crippen molar-refractivity contribution in [3.8, 4) is 11.5 Å². The first-order valence-corrected chi connectivity index (χ1v) is 9.78. The van der Waals surface area contributed by atoms with E-state index in [4.69, 9.17) is 9.47 Å². The predicted molar refractivity (Wildman–Crippen MR) is 107 cm³/mol. The quantitative estimate of drug-likeness (QED) is 0.496. The molecule has 0 atom stereocenters. The third-order valence-corrected chi connectivity index (χ3v) is 5.28. The van der Waals surface area contributed by atoms with Crippen LogP contribution in [0.5, 0.6) is 11.5 Å². The Kier molecular flexibility index (Phi) is 4.60. The maximum atomic E-state index is 5.54. The van der Waals surface area contributed by atoms with Gasteiger partial charge in [-0.05, 0) is 41.0 Å². The molecule has 0 aliphatic carbocycles. The topological polar surface area (TPSA) is 60.4 Å². The molecule has 0 bridgehead atoms. The minimum atomic E-state index is 0.289. The average molecular weight is 390 g/mol. The first-order chi connectivity index (χ1) is 13.8. The lowest BCUT2D eigenvalue weighted by atomic mass is 10.1. The van der Waals surface area contributed by atoms with Gasteiger partial charge in [-0.15, -0.1) is 0 Å². The Balaban J connectivity index is 1.43. The van der Waals surface area contributed by atoms with Gasteiger partial charge in [0, 0.05) is 32.0 Å². The molecule has 0 N–H and O–H groups in total. The molecule has 1 aliphatic heterocycles. The van der Waals surface area contributed by atoms with Crippen molar-refractivity contribution in [1.29, 1.82) is 0 Å². The summed E-state index contributed by atoms with van der Waals surface area (Å²) in [6, 6.07) is 16.4. The third kappa shape index (κ3) is 3.54. The Hall–Kier alpha value is -3.03. The van der Waals surface area contributed by atoms with Gasteiger partial charge in [-0.2, -0.15) is 8.75 Å². The molecule has 2 aromatic heterocycles. The van der Waals surface area contributed by atoms with Gasteiger partial charge in [0.25, 0.3) is 0 Å². The fraction of sp³-hybridized carbons (Fsp3) is 0.190. The molecule has 140 valence electrons. The van der Waals surface area contributed by atoms with E-state index in [9.17, 15) is 0 Å². The zero-order chi connectivity index (χ0) is 18.8. The first-order valence-electron chi connectivity index (χ1n) is 9.05. The number of rotatable bonds is 6. The normalized spacial score (nSPS) is 12.8. The number of hydrogen-bond acceptors (Lipinski definition) is 7. The van der Waals surface area contributed by atoms with Crippen molar-refractivity contribution in [3.05, 3.63) is 77.6 Å². The minimum absolute atomic E-state index is 0.289. The molecule has 1 aliphatic rings. The number of pyridine rings is 1. The van der Waals surface area contributed by atoms with Crippen LogP contribution >= 0.6 is 11.7 Å². The lowest BCUT2D eigenvalue weighted by molar-refractivity contribution is 0.174. The molecule has 0 saturated heterocycles. The number of ether oxygens (including phenoxy) is 2. The highest BCUT2D eigenvalue weighted by Gasteiger charge is 2.16. The molecule has 5 rings (SSSR count). The molecule has 0 amide bonds. The predicted octanol–water partition coefficient (Wildman–Crippen LogP) is 4.02. The summed E-state index contributed by atoms with van der Waals surface area (Å²) < 4.78 is 19.8. The van der Waals surface area contributed by atoms with E-state index in [1.165, 1.54) is 28.4 Å². The molecule has 28 heavy (non-hydrogen) atoms. The smallest absolute Gasteiger partial charge is 0.231 e. The number of benzene rings is 2. The van der Waals surface area contributed by atoms with Crippen LogP contribution in [-0.4, -0.2) is 25.4 Å². The van der Waals surface area contributed by atoms with Crippen molar-refractivity contribution >= 4 is 22.8 Å². The lowest BCUT2D eigenvalue weighted by Crippen LogP contribution is -2.22.